The van der Waals surface area contributed by atoms with Gasteiger partial charge in [-0.3, -0.25) is 14.0 Å². The fourth-order valence-electron chi connectivity index (χ4n) is 2.44. The molecular weight excluding hydrogens is 381 g/mol. The third kappa shape index (κ3) is 2.78. The van der Waals surface area contributed by atoms with Crippen LogP contribution in [0.2, 0.25) is 10.0 Å². The Bertz CT molecular complexity index is 1200. The molecule has 0 aliphatic rings. The lowest BCUT2D eigenvalue weighted by Gasteiger charge is -2.06. The van der Waals surface area contributed by atoms with Gasteiger partial charge in [-0.05, 0) is 30.3 Å². The molecule has 0 aliphatic carbocycles. The highest BCUT2D eigenvalue weighted by Gasteiger charge is 2.16. The minimum atomic E-state index is -0.374. The van der Waals surface area contributed by atoms with E-state index in [0.29, 0.717) is 31.5 Å². The standard InChI is InChI=1S/C17H9Cl2N3O2S/c18-10-4-3-5-11(14(10)19)20-15(23)12-8-9-16(25-12)21-13-6-1-2-7-22(13)17(9)24/h1-8H,(H,20,23). The van der Waals surface area contributed by atoms with Crippen molar-refractivity contribution in [3.05, 3.63) is 73.9 Å². The van der Waals surface area contributed by atoms with Crippen molar-refractivity contribution in [3.8, 4) is 0 Å². The van der Waals surface area contributed by atoms with Gasteiger partial charge < -0.3 is 5.32 Å². The number of halogens is 2. The van der Waals surface area contributed by atoms with Crippen LogP contribution >= 0.6 is 34.5 Å². The van der Waals surface area contributed by atoms with Crippen LogP contribution in [0.1, 0.15) is 9.67 Å². The molecule has 0 saturated carbocycles. The molecule has 0 aliphatic heterocycles. The fourth-order valence-corrected chi connectivity index (χ4v) is 3.72. The van der Waals surface area contributed by atoms with E-state index in [1.165, 1.54) is 4.40 Å². The molecule has 0 unspecified atom stereocenters. The van der Waals surface area contributed by atoms with Crippen molar-refractivity contribution >= 4 is 62.0 Å². The van der Waals surface area contributed by atoms with Crippen molar-refractivity contribution < 1.29 is 4.79 Å². The highest BCUT2D eigenvalue weighted by atomic mass is 35.5. The number of aromatic nitrogens is 2. The molecule has 0 saturated heterocycles. The van der Waals surface area contributed by atoms with Crippen molar-refractivity contribution in [3.63, 3.8) is 0 Å². The maximum atomic E-state index is 12.5. The SMILES string of the molecule is O=C(Nc1cccc(Cl)c1Cl)c1cc2c(=O)n3ccccc3nc2s1. The van der Waals surface area contributed by atoms with Gasteiger partial charge in [0.05, 0.1) is 26.0 Å². The second-order valence-corrected chi connectivity index (χ2v) is 7.05. The summed E-state index contributed by atoms with van der Waals surface area (Å²) in [5, 5.41) is 3.72. The number of benzene rings is 1. The first kappa shape index (κ1) is 16.1. The van der Waals surface area contributed by atoms with E-state index in [1.807, 2.05) is 0 Å². The smallest absolute Gasteiger partial charge is 0.266 e. The van der Waals surface area contributed by atoms with Crippen LogP contribution in [0.4, 0.5) is 5.69 Å². The second-order valence-electron chi connectivity index (χ2n) is 5.23. The predicted molar refractivity (Wildman–Crippen MR) is 101 cm³/mol. The topological polar surface area (TPSA) is 63.5 Å². The monoisotopic (exact) mass is 389 g/mol. The van der Waals surface area contributed by atoms with Crippen LogP contribution in [-0.4, -0.2) is 15.3 Å². The maximum Gasteiger partial charge on any atom is 0.266 e. The number of thiophene rings is 1. The van der Waals surface area contributed by atoms with E-state index in [2.05, 4.69) is 10.3 Å². The zero-order chi connectivity index (χ0) is 17.6. The van der Waals surface area contributed by atoms with Gasteiger partial charge in [0.25, 0.3) is 11.5 Å². The summed E-state index contributed by atoms with van der Waals surface area (Å²) in [4.78, 5) is 30.4. The van der Waals surface area contributed by atoms with Gasteiger partial charge in [-0.1, -0.05) is 35.3 Å². The Labute approximate surface area is 155 Å². The Morgan fingerprint density at radius 1 is 1.16 bits per heavy atom. The van der Waals surface area contributed by atoms with Gasteiger partial charge in [-0.25, -0.2) is 4.98 Å². The molecule has 8 heteroatoms. The molecule has 0 fully saturated rings. The largest absolute Gasteiger partial charge is 0.320 e. The Morgan fingerprint density at radius 3 is 2.84 bits per heavy atom. The number of nitrogens with zero attached hydrogens (tertiary/aromatic N) is 2. The van der Waals surface area contributed by atoms with Crippen LogP contribution in [0.25, 0.3) is 15.9 Å². The summed E-state index contributed by atoms with van der Waals surface area (Å²) in [6.45, 7) is 0. The Kier molecular flexibility index (Phi) is 3.95. The zero-order valence-electron chi connectivity index (χ0n) is 12.5. The van der Waals surface area contributed by atoms with E-state index in [9.17, 15) is 9.59 Å². The van der Waals surface area contributed by atoms with Gasteiger partial charge >= 0.3 is 0 Å². The Hall–Kier alpha value is -2.41. The first-order valence-corrected chi connectivity index (χ1v) is 8.78. The molecule has 0 atom stereocenters. The number of carbonyl (C=O) groups is 1. The molecule has 1 amide bonds. The molecule has 4 aromatic rings. The molecule has 1 aromatic carbocycles. The number of anilines is 1. The number of carbonyl (C=O) groups excluding carboxylic acids is 1. The van der Waals surface area contributed by atoms with E-state index < -0.39 is 0 Å². The second kappa shape index (κ2) is 6.15. The van der Waals surface area contributed by atoms with Gasteiger partial charge in [0.1, 0.15) is 10.5 Å². The van der Waals surface area contributed by atoms with E-state index in [4.69, 9.17) is 23.2 Å². The Morgan fingerprint density at radius 2 is 2.00 bits per heavy atom. The van der Waals surface area contributed by atoms with Gasteiger partial charge in [0, 0.05) is 6.20 Å². The van der Waals surface area contributed by atoms with Crippen LogP contribution in [0.15, 0.2) is 53.5 Å². The van der Waals surface area contributed by atoms with Crippen molar-refractivity contribution in [2.45, 2.75) is 0 Å². The first-order chi connectivity index (χ1) is 12.0. The molecule has 0 radical (unpaired) electrons. The summed E-state index contributed by atoms with van der Waals surface area (Å²) in [5.41, 5.74) is 0.731. The van der Waals surface area contributed by atoms with Crippen LogP contribution in [-0.2, 0) is 0 Å². The lowest BCUT2D eigenvalue weighted by molar-refractivity contribution is 0.103. The third-order valence-electron chi connectivity index (χ3n) is 3.64. The number of hydrogen-bond acceptors (Lipinski definition) is 4. The predicted octanol–water partition coefficient (Wildman–Crippen LogP) is 4.47. The quantitative estimate of drug-likeness (QED) is 0.549. The number of nitrogens with one attached hydrogen (secondary N) is 1. The minimum absolute atomic E-state index is 0.211. The zero-order valence-corrected chi connectivity index (χ0v) is 14.8. The first-order valence-electron chi connectivity index (χ1n) is 7.21. The van der Waals surface area contributed by atoms with Crippen LogP contribution in [0.5, 0.6) is 0 Å². The van der Waals surface area contributed by atoms with Gasteiger partial charge in [-0.15, -0.1) is 11.3 Å². The van der Waals surface area contributed by atoms with E-state index in [1.54, 1.807) is 48.7 Å². The highest BCUT2D eigenvalue weighted by Crippen LogP contribution is 2.30. The van der Waals surface area contributed by atoms with Crippen molar-refractivity contribution in [1.82, 2.24) is 9.38 Å². The van der Waals surface area contributed by atoms with Crippen molar-refractivity contribution in [2.24, 2.45) is 0 Å². The number of hydrogen-bond donors (Lipinski definition) is 1. The van der Waals surface area contributed by atoms with Crippen LogP contribution in [0.3, 0.4) is 0 Å². The van der Waals surface area contributed by atoms with E-state index in [0.717, 1.165) is 11.3 Å². The number of pyridine rings is 1. The molecule has 0 spiro atoms. The molecule has 3 heterocycles. The molecule has 25 heavy (non-hydrogen) atoms. The average Bonchev–Trinajstić information content (AvgIpc) is 3.04. The van der Waals surface area contributed by atoms with Crippen LogP contribution in [0, 0.1) is 0 Å². The number of rotatable bonds is 2. The fraction of sp³-hybridized carbons (Fsp3) is 0. The lowest BCUT2D eigenvalue weighted by atomic mass is 10.3. The number of fused-ring (bicyclic) bond motifs is 2. The summed E-state index contributed by atoms with van der Waals surface area (Å²) >= 11 is 13.2. The van der Waals surface area contributed by atoms with Crippen molar-refractivity contribution in [1.29, 1.82) is 0 Å². The maximum absolute atomic E-state index is 12.5. The molecular formula is C17H9Cl2N3O2S. The molecule has 1 N–H and O–H groups in total. The summed E-state index contributed by atoms with van der Waals surface area (Å²) < 4.78 is 1.45. The molecule has 5 nitrogen and oxygen atoms in total. The van der Waals surface area contributed by atoms with E-state index >= 15 is 0 Å². The number of amides is 1. The normalized spacial score (nSPS) is 11.1. The minimum Gasteiger partial charge on any atom is -0.320 e. The molecule has 3 aromatic heterocycles. The third-order valence-corrected chi connectivity index (χ3v) is 5.49. The summed E-state index contributed by atoms with van der Waals surface area (Å²) in [5.74, 6) is -0.374. The van der Waals surface area contributed by atoms with Gasteiger partial charge in [-0.2, -0.15) is 0 Å². The molecule has 0 bridgehead atoms. The van der Waals surface area contributed by atoms with Gasteiger partial charge in [0.2, 0.25) is 0 Å². The van der Waals surface area contributed by atoms with Crippen LogP contribution < -0.4 is 10.9 Å². The lowest BCUT2D eigenvalue weighted by Crippen LogP contribution is -2.13. The average molecular weight is 390 g/mol. The highest BCUT2D eigenvalue weighted by molar-refractivity contribution is 7.20. The summed E-state index contributed by atoms with van der Waals surface area (Å²) in [7, 11) is 0. The van der Waals surface area contributed by atoms with E-state index in [-0.39, 0.29) is 16.5 Å². The summed E-state index contributed by atoms with van der Waals surface area (Å²) in [6, 6.07) is 11.8. The molecule has 4 rings (SSSR count). The molecule has 124 valence electrons. The van der Waals surface area contributed by atoms with Gasteiger partial charge in [0.15, 0.2) is 0 Å². The Balaban J connectivity index is 1.78. The summed E-state index contributed by atoms with van der Waals surface area (Å²) in [6.07, 6.45) is 1.65. The van der Waals surface area contributed by atoms with Crippen molar-refractivity contribution in [2.75, 3.05) is 5.32 Å².